The Balaban J connectivity index is 1.86. The first-order chi connectivity index (χ1) is 15.5. The minimum atomic E-state index is -0.0166. The van der Waals surface area contributed by atoms with Crippen molar-refractivity contribution in [2.45, 2.75) is 46.2 Å². The van der Waals surface area contributed by atoms with E-state index in [1.165, 1.54) is 33.8 Å². The van der Waals surface area contributed by atoms with Gasteiger partial charge in [0.25, 0.3) is 0 Å². The summed E-state index contributed by atoms with van der Waals surface area (Å²) in [6, 6.07) is 15.0. The lowest BCUT2D eigenvalue weighted by Crippen LogP contribution is -2.32. The molecule has 32 heavy (non-hydrogen) atoms. The number of hydrogen-bond acceptors (Lipinski definition) is 3. The molecule has 1 aliphatic rings. The Morgan fingerprint density at radius 1 is 1.12 bits per heavy atom. The summed E-state index contributed by atoms with van der Waals surface area (Å²) in [5, 5.41) is 4.29. The van der Waals surface area contributed by atoms with Gasteiger partial charge in [-0.2, -0.15) is 0 Å². The summed E-state index contributed by atoms with van der Waals surface area (Å²) in [7, 11) is 1.73. The lowest BCUT2D eigenvalue weighted by molar-refractivity contribution is 0.164. The van der Waals surface area contributed by atoms with E-state index in [-0.39, 0.29) is 12.1 Å². The quantitative estimate of drug-likeness (QED) is 0.517. The molecule has 4 rings (SSSR count). The number of nitrogens with zero attached hydrogens (tertiary/aromatic N) is 3. The van der Waals surface area contributed by atoms with Gasteiger partial charge in [0.15, 0.2) is 5.11 Å². The fourth-order valence-electron chi connectivity index (χ4n) is 4.93. The molecule has 5 nitrogen and oxygen atoms in total. The summed E-state index contributed by atoms with van der Waals surface area (Å²) >= 11 is 5.77. The molecule has 0 saturated carbocycles. The van der Waals surface area contributed by atoms with Crippen LogP contribution in [0.3, 0.4) is 0 Å². The SMILES string of the molecule is CCc1cccc(C)c1-n1c(C)cc(C2C(c3ccccn3)NC(=S)N2CCOC)c1C. The van der Waals surface area contributed by atoms with Crippen molar-refractivity contribution in [3.63, 3.8) is 0 Å². The molecule has 1 saturated heterocycles. The summed E-state index contributed by atoms with van der Waals surface area (Å²) in [6.07, 6.45) is 2.84. The number of aromatic nitrogens is 2. The molecule has 0 radical (unpaired) electrons. The standard InChI is InChI=1S/C26H32N4OS/c1-6-20-11-9-10-17(2)24(20)30-18(3)16-21(19(30)4)25-23(22-12-7-8-13-27-22)28-26(32)29(25)14-15-31-5/h7-13,16,23,25H,6,14-15H2,1-5H3,(H,28,32). The molecule has 0 aliphatic carbocycles. The molecule has 168 valence electrons. The molecule has 2 atom stereocenters. The molecule has 0 bridgehead atoms. The predicted molar refractivity (Wildman–Crippen MR) is 133 cm³/mol. The molecule has 1 fully saturated rings. The van der Waals surface area contributed by atoms with Gasteiger partial charge in [-0.1, -0.05) is 31.2 Å². The van der Waals surface area contributed by atoms with Crippen molar-refractivity contribution >= 4 is 17.3 Å². The van der Waals surface area contributed by atoms with Gasteiger partial charge in [-0.15, -0.1) is 0 Å². The van der Waals surface area contributed by atoms with E-state index in [0.29, 0.717) is 6.61 Å². The number of rotatable bonds is 7. The van der Waals surface area contributed by atoms with E-state index in [1.54, 1.807) is 7.11 Å². The monoisotopic (exact) mass is 448 g/mol. The minimum absolute atomic E-state index is 0.0166. The molecule has 2 aromatic heterocycles. The van der Waals surface area contributed by atoms with Crippen molar-refractivity contribution < 1.29 is 4.74 Å². The van der Waals surface area contributed by atoms with Crippen LogP contribution in [-0.2, 0) is 11.2 Å². The van der Waals surface area contributed by atoms with Gasteiger partial charge in [0.2, 0.25) is 0 Å². The number of benzene rings is 1. The molecule has 1 aromatic carbocycles. The Labute approximate surface area is 196 Å². The maximum Gasteiger partial charge on any atom is 0.170 e. The Hall–Kier alpha value is -2.70. The molecular weight excluding hydrogens is 416 g/mol. The highest BCUT2D eigenvalue weighted by molar-refractivity contribution is 7.80. The Bertz CT molecular complexity index is 1110. The first kappa shape index (κ1) is 22.5. The van der Waals surface area contributed by atoms with Gasteiger partial charge < -0.3 is 19.5 Å². The maximum absolute atomic E-state index is 5.77. The average Bonchev–Trinajstić information content (AvgIpc) is 3.27. The van der Waals surface area contributed by atoms with Crippen molar-refractivity contribution in [3.8, 4) is 5.69 Å². The molecule has 1 N–H and O–H groups in total. The summed E-state index contributed by atoms with van der Waals surface area (Å²) in [5.41, 5.74) is 8.67. The summed E-state index contributed by atoms with van der Waals surface area (Å²) in [5.74, 6) is 0. The van der Waals surface area contributed by atoms with Crippen molar-refractivity contribution in [1.82, 2.24) is 19.8 Å². The number of para-hydroxylation sites is 1. The van der Waals surface area contributed by atoms with Crippen molar-refractivity contribution in [2.75, 3.05) is 20.3 Å². The van der Waals surface area contributed by atoms with Gasteiger partial charge in [0.1, 0.15) is 0 Å². The van der Waals surface area contributed by atoms with Crippen LogP contribution < -0.4 is 5.32 Å². The minimum Gasteiger partial charge on any atom is -0.383 e. The molecule has 6 heteroatoms. The van der Waals surface area contributed by atoms with Crippen molar-refractivity contribution in [1.29, 1.82) is 0 Å². The third kappa shape index (κ3) is 3.93. The van der Waals surface area contributed by atoms with E-state index >= 15 is 0 Å². The number of hydrogen-bond donors (Lipinski definition) is 1. The first-order valence-corrected chi connectivity index (χ1v) is 11.6. The Kier molecular flexibility index (Phi) is 6.63. The second-order valence-electron chi connectivity index (χ2n) is 8.41. The number of thiocarbonyl (C=S) groups is 1. The zero-order valence-electron chi connectivity index (χ0n) is 19.6. The van der Waals surface area contributed by atoms with Gasteiger partial charge in [-0.05, 0) is 74.3 Å². The summed E-state index contributed by atoms with van der Waals surface area (Å²) in [6.45, 7) is 10.2. The van der Waals surface area contributed by atoms with Gasteiger partial charge in [-0.3, -0.25) is 4.98 Å². The number of ether oxygens (including phenoxy) is 1. The third-order valence-corrected chi connectivity index (χ3v) is 6.80. The lowest BCUT2D eigenvalue weighted by Gasteiger charge is -2.28. The van der Waals surface area contributed by atoms with Gasteiger partial charge in [-0.25, -0.2) is 0 Å². The molecule has 3 heterocycles. The third-order valence-electron chi connectivity index (χ3n) is 6.45. The molecule has 2 unspecified atom stereocenters. The van der Waals surface area contributed by atoms with Crippen LogP contribution in [0, 0.1) is 20.8 Å². The Morgan fingerprint density at radius 3 is 2.62 bits per heavy atom. The Morgan fingerprint density at radius 2 is 1.94 bits per heavy atom. The highest BCUT2D eigenvalue weighted by Crippen LogP contribution is 2.41. The highest BCUT2D eigenvalue weighted by atomic mass is 32.1. The van der Waals surface area contributed by atoms with Gasteiger partial charge >= 0.3 is 0 Å². The predicted octanol–water partition coefficient (Wildman–Crippen LogP) is 4.98. The molecule has 1 aliphatic heterocycles. The van der Waals surface area contributed by atoms with Crippen LogP contribution in [-0.4, -0.2) is 39.8 Å². The van der Waals surface area contributed by atoms with Crippen LogP contribution in [0.2, 0.25) is 0 Å². The van der Waals surface area contributed by atoms with Crippen molar-refractivity contribution in [2.24, 2.45) is 0 Å². The van der Waals surface area contributed by atoms with Crippen LogP contribution in [0.25, 0.3) is 5.69 Å². The molecule has 0 spiro atoms. The number of methoxy groups -OCH3 is 1. The molecule has 0 amide bonds. The van der Waals surface area contributed by atoms with Crippen LogP contribution in [0.1, 0.15) is 52.8 Å². The zero-order chi connectivity index (χ0) is 22.8. The summed E-state index contributed by atoms with van der Waals surface area (Å²) in [4.78, 5) is 6.91. The van der Waals surface area contributed by atoms with E-state index in [4.69, 9.17) is 17.0 Å². The van der Waals surface area contributed by atoms with Gasteiger partial charge in [0, 0.05) is 31.2 Å². The maximum atomic E-state index is 5.77. The molecule has 3 aromatic rings. The van der Waals surface area contributed by atoms with Gasteiger partial charge in [0.05, 0.1) is 30.1 Å². The lowest BCUT2D eigenvalue weighted by atomic mass is 9.96. The van der Waals surface area contributed by atoms with Crippen LogP contribution in [0.4, 0.5) is 0 Å². The van der Waals surface area contributed by atoms with E-state index in [9.17, 15) is 0 Å². The fraction of sp³-hybridized carbons (Fsp3) is 0.385. The van der Waals surface area contributed by atoms with Crippen LogP contribution in [0.5, 0.6) is 0 Å². The van der Waals surface area contributed by atoms with E-state index in [2.05, 4.69) is 77.8 Å². The normalized spacial score (nSPS) is 18.3. The topological polar surface area (TPSA) is 42.3 Å². The summed E-state index contributed by atoms with van der Waals surface area (Å²) < 4.78 is 7.81. The zero-order valence-corrected chi connectivity index (χ0v) is 20.4. The highest BCUT2D eigenvalue weighted by Gasteiger charge is 2.41. The van der Waals surface area contributed by atoms with E-state index < -0.39 is 0 Å². The number of aryl methyl sites for hydroxylation is 3. The fourth-order valence-corrected chi connectivity index (χ4v) is 5.26. The first-order valence-electron chi connectivity index (χ1n) is 11.2. The number of pyridine rings is 1. The largest absolute Gasteiger partial charge is 0.383 e. The number of nitrogens with one attached hydrogen (secondary N) is 1. The van der Waals surface area contributed by atoms with E-state index in [0.717, 1.165) is 23.8 Å². The smallest absolute Gasteiger partial charge is 0.170 e. The second-order valence-corrected chi connectivity index (χ2v) is 8.80. The average molecular weight is 449 g/mol. The van der Waals surface area contributed by atoms with E-state index in [1.807, 2.05) is 18.3 Å². The second kappa shape index (κ2) is 9.43. The van der Waals surface area contributed by atoms with Crippen LogP contribution in [0.15, 0.2) is 48.7 Å². The molecular formula is C26H32N4OS. The van der Waals surface area contributed by atoms with Crippen molar-refractivity contribution in [3.05, 3.63) is 82.4 Å². The van der Waals surface area contributed by atoms with Crippen LogP contribution >= 0.6 is 12.2 Å².